The van der Waals surface area contributed by atoms with Crippen molar-refractivity contribution in [3.63, 3.8) is 0 Å². The maximum Gasteiger partial charge on any atom is 0.142 e. The standard InChI is InChI=1S/C24H35N5O2.H3N/c1-20(25)29(26)19-21-9-11-22(12-10-21)31-18-6-5-13-27-14-16-28(17-15-27)23-7-3-4-8-24(23)30-2;/h3-4,7-12,25H,5-6,13-19,26H2,1-2H3;1H3. The lowest BCUT2D eigenvalue weighted by Gasteiger charge is -2.36. The Balaban J connectivity index is 0.00000363. The maximum atomic E-state index is 7.53. The number of anilines is 1. The van der Waals surface area contributed by atoms with E-state index >= 15 is 0 Å². The van der Waals surface area contributed by atoms with E-state index in [1.165, 1.54) is 10.7 Å². The molecule has 0 aliphatic carbocycles. The molecule has 0 saturated carbocycles. The van der Waals surface area contributed by atoms with Crippen molar-refractivity contribution in [2.75, 3.05) is 51.3 Å². The third kappa shape index (κ3) is 7.40. The van der Waals surface area contributed by atoms with Gasteiger partial charge in [0.2, 0.25) is 0 Å². The molecule has 176 valence electrons. The number of unbranched alkanes of at least 4 members (excludes halogenated alkanes) is 1. The molecule has 0 amide bonds. The normalized spacial score (nSPS) is 13.9. The molecule has 3 rings (SSSR count). The van der Waals surface area contributed by atoms with Gasteiger partial charge in [-0.25, -0.2) is 5.84 Å². The first-order chi connectivity index (χ1) is 15.1. The minimum atomic E-state index is 0. The van der Waals surface area contributed by atoms with Gasteiger partial charge in [-0.2, -0.15) is 0 Å². The molecule has 0 radical (unpaired) electrons. The molecular formula is C24H38N6O2. The van der Waals surface area contributed by atoms with Crippen LogP contribution in [0.5, 0.6) is 11.5 Å². The molecule has 0 bridgehead atoms. The molecule has 2 aromatic rings. The van der Waals surface area contributed by atoms with E-state index in [0.29, 0.717) is 12.4 Å². The highest BCUT2D eigenvalue weighted by atomic mass is 16.5. The molecule has 6 N–H and O–H groups in total. The van der Waals surface area contributed by atoms with E-state index in [2.05, 4.69) is 21.9 Å². The highest BCUT2D eigenvalue weighted by molar-refractivity contribution is 5.75. The fraction of sp³-hybridized carbons (Fsp3) is 0.458. The molecule has 1 fully saturated rings. The number of hydrogen-bond donors (Lipinski definition) is 3. The average molecular weight is 443 g/mol. The van der Waals surface area contributed by atoms with Crippen LogP contribution in [0.15, 0.2) is 48.5 Å². The van der Waals surface area contributed by atoms with E-state index in [1.54, 1.807) is 14.0 Å². The van der Waals surface area contributed by atoms with Gasteiger partial charge in [-0.05, 0) is 56.1 Å². The van der Waals surface area contributed by atoms with Crippen LogP contribution < -0.4 is 26.4 Å². The molecular weight excluding hydrogens is 404 g/mol. The molecule has 0 atom stereocenters. The van der Waals surface area contributed by atoms with Gasteiger partial charge < -0.3 is 20.5 Å². The van der Waals surface area contributed by atoms with Crippen LogP contribution in [0.3, 0.4) is 0 Å². The lowest BCUT2D eigenvalue weighted by atomic mass is 10.2. The van der Waals surface area contributed by atoms with Gasteiger partial charge in [0.1, 0.15) is 17.3 Å². The van der Waals surface area contributed by atoms with Crippen LogP contribution in [0.25, 0.3) is 0 Å². The van der Waals surface area contributed by atoms with E-state index in [4.69, 9.17) is 20.7 Å². The summed E-state index contributed by atoms with van der Waals surface area (Å²) < 4.78 is 11.4. The minimum absolute atomic E-state index is 0. The van der Waals surface area contributed by atoms with Gasteiger partial charge in [-0.1, -0.05) is 24.3 Å². The molecule has 1 heterocycles. The summed E-state index contributed by atoms with van der Waals surface area (Å²) in [6, 6.07) is 16.2. The fourth-order valence-electron chi connectivity index (χ4n) is 3.74. The van der Waals surface area contributed by atoms with Gasteiger partial charge in [0.05, 0.1) is 25.9 Å². The number of amidine groups is 1. The molecule has 0 aromatic heterocycles. The lowest BCUT2D eigenvalue weighted by molar-refractivity contribution is 0.238. The van der Waals surface area contributed by atoms with E-state index in [-0.39, 0.29) is 6.15 Å². The summed E-state index contributed by atoms with van der Waals surface area (Å²) in [5.74, 6) is 7.96. The highest BCUT2D eigenvalue weighted by Gasteiger charge is 2.19. The second-order valence-electron chi connectivity index (χ2n) is 7.91. The number of piperazine rings is 1. The number of nitrogens with two attached hydrogens (primary N) is 1. The fourth-order valence-corrected chi connectivity index (χ4v) is 3.74. The summed E-state index contributed by atoms with van der Waals surface area (Å²) in [5, 5.41) is 8.95. The molecule has 32 heavy (non-hydrogen) atoms. The summed E-state index contributed by atoms with van der Waals surface area (Å²) in [6.07, 6.45) is 2.17. The zero-order valence-electron chi connectivity index (χ0n) is 19.4. The smallest absolute Gasteiger partial charge is 0.142 e. The molecule has 1 aliphatic heterocycles. The quantitative estimate of drug-likeness (QED) is 0.170. The van der Waals surface area contributed by atoms with Gasteiger partial charge in [0.15, 0.2) is 0 Å². The number of rotatable bonds is 10. The van der Waals surface area contributed by atoms with Crippen molar-refractivity contribution >= 4 is 11.5 Å². The Morgan fingerprint density at radius 3 is 2.38 bits per heavy atom. The van der Waals surface area contributed by atoms with Crippen molar-refractivity contribution in [1.82, 2.24) is 16.1 Å². The van der Waals surface area contributed by atoms with E-state index in [9.17, 15) is 0 Å². The third-order valence-electron chi connectivity index (χ3n) is 5.64. The van der Waals surface area contributed by atoms with Gasteiger partial charge in [-0.15, -0.1) is 0 Å². The minimum Gasteiger partial charge on any atom is -0.495 e. The Hall–Kier alpha value is -2.81. The topological polar surface area (TPSA) is 113 Å². The van der Waals surface area contributed by atoms with Crippen molar-refractivity contribution in [2.45, 2.75) is 26.3 Å². The number of para-hydroxylation sites is 2. The monoisotopic (exact) mass is 442 g/mol. The Labute approximate surface area is 191 Å². The number of ether oxygens (including phenoxy) is 2. The number of benzene rings is 2. The predicted octanol–water partition coefficient (Wildman–Crippen LogP) is 3.51. The Morgan fingerprint density at radius 1 is 1.03 bits per heavy atom. The largest absolute Gasteiger partial charge is 0.495 e. The first-order valence-electron chi connectivity index (χ1n) is 11.0. The van der Waals surface area contributed by atoms with E-state index < -0.39 is 0 Å². The predicted molar refractivity (Wildman–Crippen MR) is 131 cm³/mol. The van der Waals surface area contributed by atoms with Crippen LogP contribution in [-0.4, -0.2) is 62.2 Å². The molecule has 8 nitrogen and oxygen atoms in total. The zero-order valence-corrected chi connectivity index (χ0v) is 19.4. The van der Waals surface area contributed by atoms with Crippen LogP contribution in [0.1, 0.15) is 25.3 Å². The number of methoxy groups -OCH3 is 1. The third-order valence-corrected chi connectivity index (χ3v) is 5.64. The van der Waals surface area contributed by atoms with Crippen LogP contribution in [0, 0.1) is 5.41 Å². The molecule has 1 saturated heterocycles. The van der Waals surface area contributed by atoms with Crippen LogP contribution in [-0.2, 0) is 6.54 Å². The van der Waals surface area contributed by atoms with Crippen molar-refractivity contribution in [3.05, 3.63) is 54.1 Å². The molecule has 0 unspecified atom stereocenters. The number of hydrazine groups is 1. The van der Waals surface area contributed by atoms with Gasteiger partial charge in [-0.3, -0.25) is 15.3 Å². The average Bonchev–Trinajstić information content (AvgIpc) is 2.80. The van der Waals surface area contributed by atoms with Crippen LogP contribution >= 0.6 is 0 Å². The van der Waals surface area contributed by atoms with E-state index in [1.807, 2.05) is 36.4 Å². The SMILES string of the molecule is COc1ccccc1N1CCN(CCCCOc2ccc(CN(N)C(C)=N)cc2)CC1.N. The maximum absolute atomic E-state index is 7.53. The van der Waals surface area contributed by atoms with E-state index in [0.717, 1.165) is 69.2 Å². The summed E-state index contributed by atoms with van der Waals surface area (Å²) in [5.41, 5.74) is 2.25. The van der Waals surface area contributed by atoms with Crippen molar-refractivity contribution in [2.24, 2.45) is 5.84 Å². The lowest BCUT2D eigenvalue weighted by Crippen LogP contribution is -2.46. The van der Waals surface area contributed by atoms with Gasteiger partial charge in [0, 0.05) is 26.2 Å². The number of nitrogens with one attached hydrogen (secondary N) is 1. The van der Waals surface area contributed by atoms with Gasteiger partial charge >= 0.3 is 0 Å². The zero-order chi connectivity index (χ0) is 22.1. The summed E-state index contributed by atoms with van der Waals surface area (Å²) >= 11 is 0. The first-order valence-corrected chi connectivity index (χ1v) is 11.0. The van der Waals surface area contributed by atoms with Crippen LogP contribution in [0.4, 0.5) is 5.69 Å². The molecule has 8 heteroatoms. The highest BCUT2D eigenvalue weighted by Crippen LogP contribution is 2.28. The molecule has 1 aliphatic rings. The summed E-state index contributed by atoms with van der Waals surface area (Å²) in [4.78, 5) is 4.94. The Kier molecular flexibility index (Phi) is 10.3. The molecule has 0 spiro atoms. The Morgan fingerprint density at radius 2 is 1.72 bits per heavy atom. The van der Waals surface area contributed by atoms with Crippen molar-refractivity contribution in [3.8, 4) is 11.5 Å². The second kappa shape index (κ2) is 12.9. The van der Waals surface area contributed by atoms with Gasteiger partial charge in [0.25, 0.3) is 0 Å². The van der Waals surface area contributed by atoms with Crippen LogP contribution in [0.2, 0.25) is 0 Å². The molecule has 2 aromatic carbocycles. The summed E-state index contributed by atoms with van der Waals surface area (Å²) in [6.45, 7) is 8.25. The summed E-state index contributed by atoms with van der Waals surface area (Å²) in [7, 11) is 1.73. The van der Waals surface area contributed by atoms with Crippen molar-refractivity contribution < 1.29 is 9.47 Å². The number of hydrogen-bond acceptors (Lipinski definition) is 7. The van der Waals surface area contributed by atoms with Crippen molar-refractivity contribution in [1.29, 1.82) is 5.41 Å². The second-order valence-corrected chi connectivity index (χ2v) is 7.91. The Bertz CT molecular complexity index is 821. The first kappa shape index (κ1) is 25.5. The number of nitrogens with zero attached hydrogens (tertiary/aromatic N) is 3.